The molecule has 0 bridgehead atoms. The van der Waals surface area contributed by atoms with Gasteiger partial charge in [0.1, 0.15) is 0 Å². The predicted molar refractivity (Wildman–Crippen MR) is 67.2 cm³/mol. The van der Waals surface area contributed by atoms with Crippen LogP contribution in [0.2, 0.25) is 0 Å². The van der Waals surface area contributed by atoms with E-state index in [1.54, 1.807) is 6.92 Å². The van der Waals surface area contributed by atoms with Gasteiger partial charge in [-0.1, -0.05) is 18.3 Å². The van der Waals surface area contributed by atoms with E-state index in [2.05, 4.69) is 0 Å². The fraction of sp³-hybridized carbons (Fsp3) is 0.455. The normalized spacial score (nSPS) is 22.5. The van der Waals surface area contributed by atoms with Crippen LogP contribution in [-0.4, -0.2) is 39.9 Å². The average Bonchev–Trinajstić information content (AvgIpc) is 2.94. The van der Waals surface area contributed by atoms with Gasteiger partial charge in [-0.15, -0.1) is 0 Å². The third-order valence-corrected chi connectivity index (χ3v) is 4.22. The van der Waals surface area contributed by atoms with Crippen LogP contribution in [-0.2, 0) is 4.79 Å². The maximum absolute atomic E-state index is 12.1. The largest absolute Gasteiger partial charge is 0.481 e. The molecule has 1 aliphatic rings. The lowest BCUT2D eigenvalue weighted by molar-refractivity contribution is -0.380. The summed E-state index contributed by atoms with van der Waals surface area (Å²) in [6.07, 6.45) is 0. The molecule has 1 aliphatic heterocycles. The Morgan fingerprint density at radius 3 is 2.63 bits per heavy atom. The fourth-order valence-electron chi connectivity index (χ4n) is 2.15. The molecule has 1 fully saturated rings. The molecule has 1 aromatic heterocycles. The monoisotopic (exact) mass is 284 g/mol. The summed E-state index contributed by atoms with van der Waals surface area (Å²) in [5.41, 5.74) is 0. The first-order valence-electron chi connectivity index (χ1n) is 5.66. The average molecular weight is 284 g/mol. The van der Waals surface area contributed by atoms with Gasteiger partial charge in [0.15, 0.2) is 0 Å². The Labute approximate surface area is 112 Å². The topological polar surface area (TPSA) is 101 Å². The molecule has 0 unspecified atom stereocenters. The Hall–Kier alpha value is -1.96. The number of nitrogens with zero attached hydrogens (tertiary/aromatic N) is 2. The summed E-state index contributed by atoms with van der Waals surface area (Å²) in [5.74, 6) is -1.94. The number of hydrogen-bond acceptors (Lipinski definition) is 5. The zero-order valence-corrected chi connectivity index (χ0v) is 10.9. The third-order valence-electron chi connectivity index (χ3n) is 3.20. The van der Waals surface area contributed by atoms with Crippen molar-refractivity contribution in [2.75, 3.05) is 13.1 Å². The number of carboxylic acid groups (broad SMARTS) is 1. The first-order chi connectivity index (χ1) is 8.90. The van der Waals surface area contributed by atoms with Crippen molar-refractivity contribution in [1.29, 1.82) is 0 Å². The SMILES string of the molecule is C[C@@H]1CN(C(=O)c2ccc([N+](=O)[O-])s2)C[C@H]1C(=O)O. The first-order valence-corrected chi connectivity index (χ1v) is 6.48. The van der Waals surface area contributed by atoms with E-state index in [0.29, 0.717) is 6.54 Å². The quantitative estimate of drug-likeness (QED) is 0.668. The number of hydrogen-bond donors (Lipinski definition) is 1. The Morgan fingerprint density at radius 2 is 2.16 bits per heavy atom. The van der Waals surface area contributed by atoms with Crippen molar-refractivity contribution in [1.82, 2.24) is 4.90 Å². The van der Waals surface area contributed by atoms with Crippen LogP contribution in [0.25, 0.3) is 0 Å². The molecular weight excluding hydrogens is 272 g/mol. The van der Waals surface area contributed by atoms with Gasteiger partial charge >= 0.3 is 11.0 Å². The summed E-state index contributed by atoms with van der Waals surface area (Å²) in [6, 6.07) is 2.69. The molecule has 0 spiro atoms. The van der Waals surface area contributed by atoms with Crippen molar-refractivity contribution in [2.24, 2.45) is 11.8 Å². The number of carbonyl (C=O) groups is 2. The Bertz CT molecular complexity index is 541. The summed E-state index contributed by atoms with van der Waals surface area (Å²) >= 11 is 0.809. The highest BCUT2D eigenvalue weighted by molar-refractivity contribution is 7.17. The highest BCUT2D eigenvalue weighted by atomic mass is 32.1. The van der Waals surface area contributed by atoms with Gasteiger partial charge in [-0.05, 0) is 12.0 Å². The number of nitro groups is 1. The Kier molecular flexibility index (Phi) is 3.52. The number of amides is 1. The number of carboxylic acids is 1. The van der Waals surface area contributed by atoms with Crippen LogP contribution >= 0.6 is 11.3 Å². The lowest BCUT2D eigenvalue weighted by Crippen LogP contribution is -2.29. The van der Waals surface area contributed by atoms with E-state index in [1.807, 2.05) is 0 Å². The first kappa shape index (κ1) is 13.5. The molecule has 7 nitrogen and oxygen atoms in total. The van der Waals surface area contributed by atoms with E-state index < -0.39 is 16.8 Å². The van der Waals surface area contributed by atoms with Crippen molar-refractivity contribution in [2.45, 2.75) is 6.92 Å². The van der Waals surface area contributed by atoms with Gasteiger partial charge in [0.05, 0.1) is 15.7 Å². The van der Waals surface area contributed by atoms with Crippen LogP contribution < -0.4 is 0 Å². The van der Waals surface area contributed by atoms with Crippen LogP contribution in [0, 0.1) is 22.0 Å². The van der Waals surface area contributed by atoms with Gasteiger partial charge in [-0.2, -0.15) is 0 Å². The van der Waals surface area contributed by atoms with Gasteiger partial charge in [-0.25, -0.2) is 0 Å². The second kappa shape index (κ2) is 4.96. The van der Waals surface area contributed by atoms with Crippen LogP contribution in [0.3, 0.4) is 0 Å². The van der Waals surface area contributed by atoms with Gasteiger partial charge in [0, 0.05) is 19.2 Å². The van der Waals surface area contributed by atoms with Crippen molar-refractivity contribution < 1.29 is 19.6 Å². The smallest absolute Gasteiger partial charge is 0.324 e. The van der Waals surface area contributed by atoms with Crippen molar-refractivity contribution in [3.8, 4) is 0 Å². The molecule has 2 heterocycles. The highest BCUT2D eigenvalue weighted by Gasteiger charge is 2.37. The van der Waals surface area contributed by atoms with Crippen LogP contribution in [0.1, 0.15) is 16.6 Å². The Morgan fingerprint density at radius 1 is 1.47 bits per heavy atom. The minimum absolute atomic E-state index is 0.0922. The van der Waals surface area contributed by atoms with E-state index in [0.717, 1.165) is 11.3 Å². The highest BCUT2D eigenvalue weighted by Crippen LogP contribution is 2.29. The van der Waals surface area contributed by atoms with Gasteiger partial charge < -0.3 is 10.0 Å². The molecular formula is C11H12N2O5S. The molecule has 0 aliphatic carbocycles. The Balaban J connectivity index is 2.12. The molecule has 2 atom stereocenters. The van der Waals surface area contributed by atoms with Crippen LogP contribution in [0.5, 0.6) is 0 Å². The standard InChI is InChI=1S/C11H12N2O5S/c1-6-4-12(5-7(6)11(15)16)10(14)8-2-3-9(19-8)13(17)18/h2-3,6-7H,4-5H2,1H3,(H,15,16)/t6-,7-/m1/s1. The van der Waals surface area contributed by atoms with Gasteiger partial charge in [-0.3, -0.25) is 19.7 Å². The van der Waals surface area contributed by atoms with E-state index in [9.17, 15) is 19.7 Å². The third kappa shape index (κ3) is 2.58. The summed E-state index contributed by atoms with van der Waals surface area (Å²) < 4.78 is 0. The lowest BCUT2D eigenvalue weighted by Gasteiger charge is -2.14. The minimum Gasteiger partial charge on any atom is -0.481 e. The molecule has 0 aromatic carbocycles. The molecule has 2 rings (SSSR count). The van der Waals surface area contributed by atoms with Crippen molar-refractivity contribution in [3.05, 3.63) is 27.1 Å². The molecule has 1 amide bonds. The van der Waals surface area contributed by atoms with E-state index in [-0.39, 0.29) is 28.2 Å². The number of likely N-dealkylation sites (tertiary alicyclic amines) is 1. The number of rotatable bonds is 3. The number of aliphatic carboxylic acids is 1. The summed E-state index contributed by atoms with van der Waals surface area (Å²) in [5, 5.41) is 19.5. The van der Waals surface area contributed by atoms with E-state index in [4.69, 9.17) is 5.11 Å². The second-order valence-electron chi connectivity index (χ2n) is 4.53. The molecule has 1 N–H and O–H groups in total. The molecule has 0 radical (unpaired) electrons. The predicted octanol–water partition coefficient (Wildman–Crippen LogP) is 1.45. The zero-order valence-electron chi connectivity index (χ0n) is 10.1. The van der Waals surface area contributed by atoms with Gasteiger partial charge in [0.25, 0.3) is 5.91 Å². The molecule has 19 heavy (non-hydrogen) atoms. The maximum atomic E-state index is 12.1. The number of thiophene rings is 1. The molecule has 0 saturated carbocycles. The molecule has 1 aromatic rings. The van der Waals surface area contributed by atoms with Crippen molar-refractivity contribution >= 4 is 28.2 Å². The zero-order chi connectivity index (χ0) is 14.2. The fourth-order valence-corrected chi connectivity index (χ4v) is 2.94. The van der Waals surface area contributed by atoms with E-state index in [1.165, 1.54) is 17.0 Å². The van der Waals surface area contributed by atoms with Gasteiger partial charge in [0.2, 0.25) is 0 Å². The van der Waals surface area contributed by atoms with Crippen LogP contribution in [0.15, 0.2) is 12.1 Å². The molecule has 1 saturated heterocycles. The summed E-state index contributed by atoms with van der Waals surface area (Å²) in [7, 11) is 0. The van der Waals surface area contributed by atoms with Crippen molar-refractivity contribution in [3.63, 3.8) is 0 Å². The van der Waals surface area contributed by atoms with E-state index >= 15 is 0 Å². The summed E-state index contributed by atoms with van der Waals surface area (Å²) in [4.78, 5) is 34.8. The lowest BCUT2D eigenvalue weighted by atomic mass is 9.99. The second-order valence-corrected chi connectivity index (χ2v) is 5.59. The van der Waals surface area contributed by atoms with Crippen LogP contribution in [0.4, 0.5) is 5.00 Å². The maximum Gasteiger partial charge on any atom is 0.324 e. The molecule has 102 valence electrons. The number of carbonyl (C=O) groups excluding carboxylic acids is 1. The minimum atomic E-state index is -0.917. The summed E-state index contributed by atoms with van der Waals surface area (Å²) in [6.45, 7) is 2.30. The molecule has 8 heteroatoms.